The second kappa shape index (κ2) is 3.88. The first kappa shape index (κ1) is 11.1. The summed E-state index contributed by atoms with van der Waals surface area (Å²) in [5.41, 5.74) is 0. The largest absolute Gasteiger partial charge is 0.497 e. The van der Waals surface area contributed by atoms with Gasteiger partial charge in [-0.3, -0.25) is 0 Å². The summed E-state index contributed by atoms with van der Waals surface area (Å²) in [5, 5.41) is 0. The first-order valence-electron chi connectivity index (χ1n) is 4.88. The van der Waals surface area contributed by atoms with E-state index >= 15 is 0 Å². The molecule has 88 valence electrons. The molecule has 0 aromatic heterocycles. The monoisotopic (exact) mass is 232 g/mol. The van der Waals surface area contributed by atoms with Crippen LogP contribution in [0.3, 0.4) is 0 Å². The number of hydrogen-bond donors (Lipinski definition) is 0. The Morgan fingerprint density at radius 3 is 2.12 bits per heavy atom. The molecular formula is C11H11F3O2. The van der Waals surface area contributed by atoms with Crippen molar-refractivity contribution in [3.05, 3.63) is 24.3 Å². The Hall–Kier alpha value is -1.39. The molecule has 0 heterocycles. The maximum Gasteiger partial charge on any atom is 0.395 e. The zero-order chi connectivity index (χ0) is 11.8. The summed E-state index contributed by atoms with van der Waals surface area (Å²) in [6.07, 6.45) is -4.82. The highest BCUT2D eigenvalue weighted by Crippen LogP contribution is 2.46. The quantitative estimate of drug-likeness (QED) is 0.797. The lowest BCUT2D eigenvalue weighted by Gasteiger charge is -2.08. The van der Waals surface area contributed by atoms with Crippen molar-refractivity contribution in [1.82, 2.24) is 0 Å². The van der Waals surface area contributed by atoms with Gasteiger partial charge in [-0.1, -0.05) is 0 Å². The lowest BCUT2D eigenvalue weighted by Crippen LogP contribution is -2.16. The number of benzene rings is 1. The van der Waals surface area contributed by atoms with Crippen molar-refractivity contribution in [3.63, 3.8) is 0 Å². The number of methoxy groups -OCH3 is 1. The molecule has 16 heavy (non-hydrogen) atoms. The minimum Gasteiger partial charge on any atom is -0.497 e. The Labute approximate surface area is 91.0 Å². The van der Waals surface area contributed by atoms with Crippen molar-refractivity contribution in [2.24, 2.45) is 5.92 Å². The third-order valence-electron chi connectivity index (χ3n) is 2.50. The highest BCUT2D eigenvalue weighted by molar-refractivity contribution is 5.31. The van der Waals surface area contributed by atoms with Crippen molar-refractivity contribution in [2.75, 3.05) is 7.11 Å². The summed E-state index contributed by atoms with van der Waals surface area (Å²) in [5.74, 6) is -0.220. The molecule has 1 aromatic carbocycles. The molecule has 1 aliphatic carbocycles. The Bertz CT molecular complexity index is 358. The van der Waals surface area contributed by atoms with Gasteiger partial charge in [-0.05, 0) is 30.7 Å². The van der Waals surface area contributed by atoms with Gasteiger partial charge in [0.2, 0.25) is 0 Å². The van der Waals surface area contributed by atoms with Crippen molar-refractivity contribution in [1.29, 1.82) is 0 Å². The number of rotatable bonds is 3. The number of halogens is 3. The fourth-order valence-electron chi connectivity index (χ4n) is 1.48. The van der Waals surface area contributed by atoms with Gasteiger partial charge in [0, 0.05) is 0 Å². The van der Waals surface area contributed by atoms with E-state index in [-0.39, 0.29) is 6.42 Å². The van der Waals surface area contributed by atoms with Crippen molar-refractivity contribution in [3.8, 4) is 11.5 Å². The average molecular weight is 232 g/mol. The molecule has 2 rings (SSSR count). The van der Waals surface area contributed by atoms with Crippen molar-refractivity contribution < 1.29 is 22.6 Å². The van der Waals surface area contributed by atoms with E-state index in [9.17, 15) is 13.2 Å². The van der Waals surface area contributed by atoms with Crippen LogP contribution in [0.4, 0.5) is 13.2 Å². The van der Waals surface area contributed by atoms with Crippen LogP contribution in [0.15, 0.2) is 24.3 Å². The molecule has 0 aliphatic heterocycles. The first-order valence-corrected chi connectivity index (χ1v) is 4.88. The Morgan fingerprint density at radius 1 is 1.12 bits per heavy atom. The number of hydrogen-bond acceptors (Lipinski definition) is 2. The van der Waals surface area contributed by atoms with E-state index in [2.05, 4.69) is 0 Å². The molecule has 0 amide bonds. The SMILES string of the molecule is COc1ccc(O[C@@H]2C[C@H]2C(F)(F)F)cc1. The molecule has 0 unspecified atom stereocenters. The standard InChI is InChI=1S/C11H11F3O2/c1-15-7-2-4-8(5-3-7)16-10-6-9(10)11(12,13)14/h2-5,9-10H,6H2,1H3/t9-,10-/m1/s1. The normalized spacial score (nSPS) is 24.0. The van der Waals surface area contributed by atoms with Crippen LogP contribution in [-0.2, 0) is 0 Å². The van der Waals surface area contributed by atoms with E-state index in [0.717, 1.165) is 0 Å². The molecule has 2 atom stereocenters. The predicted molar refractivity (Wildman–Crippen MR) is 51.6 cm³/mol. The van der Waals surface area contributed by atoms with Crippen LogP contribution in [0, 0.1) is 5.92 Å². The topological polar surface area (TPSA) is 18.5 Å². The fraction of sp³-hybridized carbons (Fsp3) is 0.455. The predicted octanol–water partition coefficient (Wildman–Crippen LogP) is 3.02. The van der Waals surface area contributed by atoms with E-state index in [0.29, 0.717) is 11.5 Å². The summed E-state index contributed by atoms with van der Waals surface area (Å²) >= 11 is 0. The zero-order valence-electron chi connectivity index (χ0n) is 8.62. The molecule has 0 N–H and O–H groups in total. The van der Waals surface area contributed by atoms with Crippen LogP contribution in [0.25, 0.3) is 0 Å². The molecule has 1 aromatic rings. The molecule has 0 saturated heterocycles. The molecule has 1 aliphatic rings. The molecular weight excluding hydrogens is 221 g/mol. The summed E-state index contributed by atoms with van der Waals surface area (Å²) < 4.78 is 46.8. The van der Waals surface area contributed by atoms with Gasteiger partial charge in [0.1, 0.15) is 17.6 Å². The van der Waals surface area contributed by atoms with Crippen molar-refractivity contribution in [2.45, 2.75) is 18.7 Å². The molecule has 2 nitrogen and oxygen atoms in total. The van der Waals surface area contributed by atoms with Gasteiger partial charge >= 0.3 is 6.18 Å². The molecule has 1 fully saturated rings. The van der Waals surface area contributed by atoms with E-state index < -0.39 is 18.2 Å². The Kier molecular flexibility index (Phi) is 2.69. The Balaban J connectivity index is 1.92. The Morgan fingerprint density at radius 2 is 1.69 bits per heavy atom. The van der Waals surface area contributed by atoms with Gasteiger partial charge in [0.15, 0.2) is 0 Å². The summed E-state index contributed by atoms with van der Waals surface area (Å²) in [4.78, 5) is 0. The maximum absolute atomic E-state index is 12.2. The van der Waals surface area contributed by atoms with Gasteiger partial charge in [-0.25, -0.2) is 0 Å². The van der Waals surface area contributed by atoms with E-state index in [4.69, 9.17) is 9.47 Å². The smallest absolute Gasteiger partial charge is 0.395 e. The maximum atomic E-state index is 12.2. The fourth-order valence-corrected chi connectivity index (χ4v) is 1.48. The first-order chi connectivity index (χ1) is 7.50. The lowest BCUT2D eigenvalue weighted by molar-refractivity contribution is -0.153. The van der Waals surface area contributed by atoms with Crippen LogP contribution in [-0.4, -0.2) is 19.4 Å². The second-order valence-electron chi connectivity index (χ2n) is 3.72. The van der Waals surface area contributed by atoms with E-state index in [1.807, 2.05) is 0 Å². The van der Waals surface area contributed by atoms with Gasteiger partial charge < -0.3 is 9.47 Å². The lowest BCUT2D eigenvalue weighted by atomic mass is 10.3. The minimum absolute atomic E-state index is 0.0511. The molecule has 0 radical (unpaired) electrons. The van der Waals surface area contributed by atoms with E-state index in [1.54, 1.807) is 24.3 Å². The summed E-state index contributed by atoms with van der Waals surface area (Å²) in [6.45, 7) is 0. The third kappa shape index (κ3) is 2.40. The van der Waals surface area contributed by atoms with Gasteiger partial charge in [-0.2, -0.15) is 13.2 Å². The van der Waals surface area contributed by atoms with Crippen LogP contribution in [0.2, 0.25) is 0 Å². The van der Waals surface area contributed by atoms with Crippen LogP contribution in [0.1, 0.15) is 6.42 Å². The van der Waals surface area contributed by atoms with Gasteiger partial charge in [-0.15, -0.1) is 0 Å². The van der Waals surface area contributed by atoms with Gasteiger partial charge in [0.05, 0.1) is 13.0 Å². The summed E-state index contributed by atoms with van der Waals surface area (Å²) in [6, 6.07) is 6.51. The molecule has 0 spiro atoms. The van der Waals surface area contributed by atoms with Crippen LogP contribution >= 0.6 is 0 Å². The molecule has 0 bridgehead atoms. The highest BCUT2D eigenvalue weighted by atomic mass is 19.4. The number of ether oxygens (including phenoxy) is 2. The molecule has 5 heteroatoms. The van der Waals surface area contributed by atoms with Crippen molar-refractivity contribution >= 4 is 0 Å². The van der Waals surface area contributed by atoms with Gasteiger partial charge in [0.25, 0.3) is 0 Å². The van der Waals surface area contributed by atoms with Crippen LogP contribution in [0.5, 0.6) is 11.5 Å². The summed E-state index contributed by atoms with van der Waals surface area (Å²) in [7, 11) is 1.52. The minimum atomic E-state index is -4.14. The average Bonchev–Trinajstić information content (AvgIpc) is 2.98. The zero-order valence-corrected chi connectivity index (χ0v) is 8.62. The highest BCUT2D eigenvalue weighted by Gasteiger charge is 2.57. The second-order valence-corrected chi connectivity index (χ2v) is 3.72. The number of alkyl halides is 3. The molecule has 1 saturated carbocycles. The van der Waals surface area contributed by atoms with Crippen LogP contribution < -0.4 is 9.47 Å². The van der Waals surface area contributed by atoms with E-state index in [1.165, 1.54) is 7.11 Å². The third-order valence-corrected chi connectivity index (χ3v) is 2.50.